The van der Waals surface area contributed by atoms with Crippen LogP contribution in [0, 0.1) is 0 Å². The second kappa shape index (κ2) is 3.68. The van der Waals surface area contributed by atoms with Crippen LogP contribution in [0.2, 0.25) is 0 Å². The van der Waals surface area contributed by atoms with E-state index in [4.69, 9.17) is 4.84 Å². The number of hydroxylamine groups is 1. The molecule has 0 saturated carbocycles. The molecule has 5 nitrogen and oxygen atoms in total. The highest BCUT2D eigenvalue weighted by Crippen LogP contribution is 2.18. The lowest BCUT2D eigenvalue weighted by molar-refractivity contribution is 0.184. The summed E-state index contributed by atoms with van der Waals surface area (Å²) in [6.07, 6.45) is 1.50. The third-order valence-electron chi connectivity index (χ3n) is 1.39. The molecule has 1 heterocycles. The second-order valence-electron chi connectivity index (χ2n) is 2.08. The van der Waals surface area contributed by atoms with Gasteiger partial charge in [-0.25, -0.2) is 5.10 Å². The third-order valence-corrected chi connectivity index (χ3v) is 2.16. The fourth-order valence-electron chi connectivity index (χ4n) is 0.692. The molecule has 1 aromatic heterocycles. The first kappa shape index (κ1) is 9.21. The van der Waals surface area contributed by atoms with Crippen molar-refractivity contribution < 1.29 is 4.84 Å². The SMILES string of the molecule is CON(C)c1cn[nH]c(=O)c1Br. The average molecular weight is 234 g/mol. The normalized spacial score (nSPS) is 9.92. The van der Waals surface area contributed by atoms with Gasteiger partial charge in [-0.1, -0.05) is 0 Å². The molecule has 0 saturated heterocycles. The number of hydrogen-bond donors (Lipinski definition) is 1. The Labute approximate surface area is 77.4 Å². The number of anilines is 1. The van der Waals surface area contributed by atoms with E-state index in [2.05, 4.69) is 26.1 Å². The lowest BCUT2D eigenvalue weighted by Gasteiger charge is -2.15. The summed E-state index contributed by atoms with van der Waals surface area (Å²) >= 11 is 3.12. The summed E-state index contributed by atoms with van der Waals surface area (Å²) in [5.74, 6) is 0. The van der Waals surface area contributed by atoms with Crippen LogP contribution in [0.25, 0.3) is 0 Å². The molecule has 0 atom stereocenters. The fraction of sp³-hybridized carbons (Fsp3) is 0.333. The molecule has 0 unspecified atom stereocenters. The molecule has 1 rings (SSSR count). The smallest absolute Gasteiger partial charge is 0.277 e. The molecule has 0 aliphatic heterocycles. The van der Waals surface area contributed by atoms with Crippen LogP contribution in [0.1, 0.15) is 0 Å². The average Bonchev–Trinajstić information content (AvgIpc) is 2.08. The topological polar surface area (TPSA) is 58.2 Å². The summed E-state index contributed by atoms with van der Waals surface area (Å²) in [5.41, 5.74) is 0.303. The van der Waals surface area contributed by atoms with Gasteiger partial charge in [0.1, 0.15) is 10.2 Å². The zero-order valence-electron chi connectivity index (χ0n) is 6.67. The van der Waals surface area contributed by atoms with Gasteiger partial charge in [-0.3, -0.25) is 14.7 Å². The van der Waals surface area contributed by atoms with Crippen molar-refractivity contribution in [3.05, 3.63) is 21.0 Å². The van der Waals surface area contributed by atoms with Gasteiger partial charge in [-0.15, -0.1) is 0 Å². The van der Waals surface area contributed by atoms with Crippen LogP contribution in [0.15, 0.2) is 15.5 Å². The maximum absolute atomic E-state index is 11.0. The monoisotopic (exact) mass is 233 g/mol. The number of nitrogens with zero attached hydrogens (tertiary/aromatic N) is 2. The van der Waals surface area contributed by atoms with Gasteiger partial charge >= 0.3 is 0 Å². The highest BCUT2D eigenvalue weighted by atomic mass is 79.9. The van der Waals surface area contributed by atoms with E-state index in [-0.39, 0.29) is 5.56 Å². The standard InChI is InChI=1S/C6H8BrN3O2/c1-10(12-2)4-3-8-9-6(11)5(4)7/h3H,1-2H3,(H,9,11). The summed E-state index contributed by atoms with van der Waals surface area (Å²) in [6, 6.07) is 0. The highest BCUT2D eigenvalue weighted by molar-refractivity contribution is 9.10. The van der Waals surface area contributed by atoms with Gasteiger partial charge in [-0.2, -0.15) is 5.10 Å². The molecule has 0 amide bonds. The Bertz CT molecular complexity index is 325. The van der Waals surface area contributed by atoms with Crippen molar-refractivity contribution in [2.45, 2.75) is 0 Å². The molecule has 66 valence electrons. The first-order valence-electron chi connectivity index (χ1n) is 3.18. The van der Waals surface area contributed by atoms with Crippen LogP contribution in [0.5, 0.6) is 0 Å². The molecule has 0 spiro atoms. The van der Waals surface area contributed by atoms with E-state index in [0.717, 1.165) is 0 Å². The first-order valence-corrected chi connectivity index (χ1v) is 3.97. The van der Waals surface area contributed by atoms with Gasteiger partial charge < -0.3 is 0 Å². The first-order chi connectivity index (χ1) is 5.66. The van der Waals surface area contributed by atoms with Crippen molar-refractivity contribution >= 4 is 21.6 Å². The lowest BCUT2D eigenvalue weighted by atomic mass is 10.5. The molecule has 0 radical (unpaired) electrons. The van der Waals surface area contributed by atoms with Gasteiger partial charge in [0.05, 0.1) is 13.3 Å². The number of hydrogen-bond acceptors (Lipinski definition) is 4. The van der Waals surface area contributed by atoms with E-state index in [1.165, 1.54) is 18.4 Å². The number of rotatable bonds is 2. The van der Waals surface area contributed by atoms with Crippen molar-refractivity contribution in [1.29, 1.82) is 0 Å². The summed E-state index contributed by atoms with van der Waals surface area (Å²) in [4.78, 5) is 15.9. The Hall–Kier alpha value is -0.880. The van der Waals surface area contributed by atoms with E-state index >= 15 is 0 Å². The quantitative estimate of drug-likeness (QED) is 0.758. The minimum Gasteiger partial charge on any atom is -0.277 e. The molecular weight excluding hydrogens is 226 g/mol. The van der Waals surface area contributed by atoms with Crippen LogP contribution in [-0.2, 0) is 4.84 Å². The number of halogens is 1. The van der Waals surface area contributed by atoms with Crippen molar-refractivity contribution in [3.63, 3.8) is 0 Å². The Morgan fingerprint density at radius 1 is 1.75 bits per heavy atom. The van der Waals surface area contributed by atoms with Gasteiger partial charge in [0.25, 0.3) is 5.56 Å². The Kier molecular flexibility index (Phi) is 2.83. The highest BCUT2D eigenvalue weighted by Gasteiger charge is 2.07. The van der Waals surface area contributed by atoms with Crippen molar-refractivity contribution in [2.24, 2.45) is 0 Å². The predicted octanol–water partition coefficient (Wildman–Crippen LogP) is 0.530. The molecule has 12 heavy (non-hydrogen) atoms. The summed E-state index contributed by atoms with van der Waals surface area (Å²) in [5, 5.41) is 7.35. The van der Waals surface area contributed by atoms with Crippen LogP contribution in [0.3, 0.4) is 0 Å². The van der Waals surface area contributed by atoms with Crippen molar-refractivity contribution in [3.8, 4) is 0 Å². The van der Waals surface area contributed by atoms with Gasteiger partial charge in [0.2, 0.25) is 0 Å². The van der Waals surface area contributed by atoms with Crippen LogP contribution >= 0.6 is 15.9 Å². The number of aromatic nitrogens is 2. The van der Waals surface area contributed by atoms with Crippen molar-refractivity contribution in [1.82, 2.24) is 10.2 Å². The lowest BCUT2D eigenvalue weighted by Crippen LogP contribution is -2.20. The van der Waals surface area contributed by atoms with E-state index in [1.54, 1.807) is 7.05 Å². The maximum Gasteiger partial charge on any atom is 0.280 e. The Morgan fingerprint density at radius 2 is 2.42 bits per heavy atom. The third kappa shape index (κ3) is 1.64. The largest absolute Gasteiger partial charge is 0.280 e. The summed E-state index contributed by atoms with van der Waals surface area (Å²) in [7, 11) is 3.19. The molecule has 0 aliphatic rings. The Morgan fingerprint density at radius 3 is 3.00 bits per heavy atom. The molecular formula is C6H8BrN3O2. The zero-order chi connectivity index (χ0) is 9.14. The van der Waals surface area contributed by atoms with E-state index < -0.39 is 0 Å². The van der Waals surface area contributed by atoms with Gasteiger partial charge in [-0.05, 0) is 15.9 Å². The maximum atomic E-state index is 11.0. The minimum absolute atomic E-state index is 0.281. The van der Waals surface area contributed by atoms with Crippen LogP contribution in [0.4, 0.5) is 5.69 Å². The van der Waals surface area contributed by atoms with Crippen LogP contribution in [-0.4, -0.2) is 24.4 Å². The van der Waals surface area contributed by atoms with Gasteiger partial charge in [0.15, 0.2) is 0 Å². The minimum atomic E-state index is -0.281. The number of H-pyrrole nitrogens is 1. The zero-order valence-corrected chi connectivity index (χ0v) is 8.25. The van der Waals surface area contributed by atoms with Gasteiger partial charge in [0, 0.05) is 7.05 Å². The van der Waals surface area contributed by atoms with E-state index in [0.29, 0.717) is 10.2 Å². The Balaban J connectivity index is 3.16. The van der Waals surface area contributed by atoms with Crippen molar-refractivity contribution in [2.75, 3.05) is 19.2 Å². The molecule has 0 aromatic carbocycles. The van der Waals surface area contributed by atoms with E-state index in [1.807, 2.05) is 0 Å². The predicted molar refractivity (Wildman–Crippen MR) is 48.0 cm³/mol. The summed E-state index contributed by atoms with van der Waals surface area (Å²) in [6.45, 7) is 0. The number of nitrogens with one attached hydrogen (secondary N) is 1. The molecule has 0 bridgehead atoms. The molecule has 0 aliphatic carbocycles. The fourth-order valence-corrected chi connectivity index (χ4v) is 1.13. The second-order valence-corrected chi connectivity index (χ2v) is 2.87. The van der Waals surface area contributed by atoms with Crippen LogP contribution < -0.4 is 10.6 Å². The molecule has 1 N–H and O–H groups in total. The van der Waals surface area contributed by atoms with E-state index in [9.17, 15) is 4.79 Å². The molecule has 0 fully saturated rings. The summed E-state index contributed by atoms with van der Waals surface area (Å²) < 4.78 is 0.404. The molecule has 1 aromatic rings. The number of aromatic amines is 1. The molecule has 6 heteroatoms.